The minimum Gasteiger partial charge on any atom is -0.466 e. The molecular weight excluding hydrogens is 294 g/mol. The van der Waals surface area contributed by atoms with Crippen LogP contribution in [-0.4, -0.2) is 36.7 Å². The Bertz CT molecular complexity index is 665. The third-order valence-corrected chi connectivity index (χ3v) is 4.32. The molecule has 1 unspecified atom stereocenters. The Morgan fingerprint density at radius 3 is 2.61 bits per heavy atom. The summed E-state index contributed by atoms with van der Waals surface area (Å²) in [6.45, 7) is 2.55. The zero-order chi connectivity index (χ0) is 16.4. The molecule has 0 aromatic heterocycles. The molecule has 3 aliphatic rings. The van der Waals surface area contributed by atoms with Crippen LogP contribution in [-0.2, 0) is 9.53 Å². The number of nitrogens with zero attached hydrogens (tertiary/aromatic N) is 1. The van der Waals surface area contributed by atoms with Crippen molar-refractivity contribution in [3.63, 3.8) is 0 Å². The van der Waals surface area contributed by atoms with Crippen molar-refractivity contribution in [1.82, 2.24) is 4.90 Å². The lowest BCUT2D eigenvalue weighted by Gasteiger charge is -2.33. The van der Waals surface area contributed by atoms with Gasteiger partial charge in [-0.3, -0.25) is 4.90 Å². The number of hydrogen-bond donors (Lipinski definition) is 0. The quantitative estimate of drug-likeness (QED) is 0.622. The van der Waals surface area contributed by atoms with E-state index in [1.807, 2.05) is 25.1 Å². The van der Waals surface area contributed by atoms with Crippen molar-refractivity contribution in [3.05, 3.63) is 54.1 Å². The molecule has 0 saturated carbocycles. The molecule has 23 heavy (non-hydrogen) atoms. The van der Waals surface area contributed by atoms with Crippen molar-refractivity contribution in [2.45, 2.75) is 13.0 Å². The maximum Gasteiger partial charge on any atom is 0.416 e. The van der Waals surface area contributed by atoms with E-state index in [1.165, 1.54) is 7.11 Å². The van der Waals surface area contributed by atoms with E-state index in [4.69, 9.17) is 9.47 Å². The summed E-state index contributed by atoms with van der Waals surface area (Å²) in [6, 6.07) is 8.47. The number of methoxy groups -OCH3 is 1. The fraction of sp³-hybridized carbons (Fsp3) is 0.333. The minimum absolute atomic E-state index is 0.153. The zero-order valence-electron chi connectivity index (χ0n) is 13.1. The van der Waals surface area contributed by atoms with Crippen molar-refractivity contribution in [3.8, 4) is 5.75 Å². The molecule has 2 aliphatic heterocycles. The summed E-state index contributed by atoms with van der Waals surface area (Å²) in [6.07, 6.45) is 5.39. The first-order valence-electron chi connectivity index (χ1n) is 7.62. The molecule has 5 nitrogen and oxygen atoms in total. The van der Waals surface area contributed by atoms with Crippen LogP contribution in [0.4, 0.5) is 4.79 Å². The standard InChI is InChI=1S/C18H19NO4/c1-12-10-15(17(20)22-2)16-9-8-13(12)11-19(16)18(21)23-14-6-4-3-5-7-14/h3-10,12-13,16H,11H2,1-2H3/t12?,13-,16+/m0/s1. The average Bonchev–Trinajstić information content (AvgIpc) is 2.82. The zero-order valence-corrected chi connectivity index (χ0v) is 13.1. The number of fused-ring (bicyclic) bond motifs is 2. The maximum atomic E-state index is 12.6. The molecule has 120 valence electrons. The number of para-hydroxylation sites is 1. The fourth-order valence-corrected chi connectivity index (χ4v) is 3.01. The lowest BCUT2D eigenvalue weighted by atomic mass is 9.93. The number of amides is 1. The molecule has 0 fully saturated rings. The van der Waals surface area contributed by atoms with Gasteiger partial charge in [0.25, 0.3) is 0 Å². The van der Waals surface area contributed by atoms with Gasteiger partial charge in [-0.05, 0) is 18.1 Å². The maximum absolute atomic E-state index is 12.6. The van der Waals surface area contributed by atoms with Gasteiger partial charge in [0, 0.05) is 12.5 Å². The molecule has 2 heterocycles. The number of esters is 1. The van der Waals surface area contributed by atoms with Gasteiger partial charge in [0.2, 0.25) is 0 Å². The highest BCUT2D eigenvalue weighted by Crippen LogP contribution is 2.33. The number of carbonyl (C=O) groups is 2. The van der Waals surface area contributed by atoms with Crippen molar-refractivity contribution >= 4 is 12.1 Å². The third kappa shape index (κ3) is 2.99. The molecule has 1 aromatic carbocycles. The normalized spacial score (nSPS) is 25.6. The second-order valence-electron chi connectivity index (χ2n) is 5.80. The van der Waals surface area contributed by atoms with Crippen LogP contribution in [0.25, 0.3) is 0 Å². The fourth-order valence-electron chi connectivity index (χ4n) is 3.01. The summed E-state index contributed by atoms with van der Waals surface area (Å²) < 4.78 is 10.3. The van der Waals surface area contributed by atoms with Crippen LogP contribution in [0.2, 0.25) is 0 Å². The largest absolute Gasteiger partial charge is 0.466 e. The number of rotatable bonds is 2. The number of ether oxygens (including phenoxy) is 2. The van der Waals surface area contributed by atoms with Gasteiger partial charge < -0.3 is 9.47 Å². The summed E-state index contributed by atoms with van der Waals surface area (Å²) in [5.74, 6) is 0.390. The Morgan fingerprint density at radius 2 is 1.91 bits per heavy atom. The van der Waals surface area contributed by atoms with Gasteiger partial charge in [-0.1, -0.05) is 43.4 Å². The lowest BCUT2D eigenvalue weighted by molar-refractivity contribution is -0.136. The van der Waals surface area contributed by atoms with Gasteiger partial charge in [0.15, 0.2) is 0 Å². The van der Waals surface area contributed by atoms with Crippen LogP contribution in [0, 0.1) is 11.8 Å². The van der Waals surface area contributed by atoms with Crippen LogP contribution < -0.4 is 4.74 Å². The minimum atomic E-state index is -0.459. The first kappa shape index (κ1) is 15.3. The van der Waals surface area contributed by atoms with E-state index in [0.29, 0.717) is 17.9 Å². The van der Waals surface area contributed by atoms with Crippen LogP contribution in [0.5, 0.6) is 5.75 Å². The Labute approximate surface area is 135 Å². The predicted molar refractivity (Wildman–Crippen MR) is 84.9 cm³/mol. The first-order chi connectivity index (χ1) is 11.1. The van der Waals surface area contributed by atoms with Gasteiger partial charge in [0.1, 0.15) is 5.75 Å². The van der Waals surface area contributed by atoms with Crippen LogP contribution in [0.3, 0.4) is 0 Å². The Hall–Kier alpha value is -2.56. The van der Waals surface area contributed by atoms with Gasteiger partial charge in [-0.25, -0.2) is 9.59 Å². The van der Waals surface area contributed by atoms with E-state index in [-0.39, 0.29) is 11.8 Å². The SMILES string of the molecule is COC(=O)C1=CC(C)[C@H]2C=C[C@H]1N(C(=O)Oc1ccccc1)C2. The molecule has 1 aliphatic carbocycles. The highest BCUT2D eigenvalue weighted by Gasteiger charge is 2.39. The highest BCUT2D eigenvalue weighted by atomic mass is 16.6. The molecule has 1 aromatic rings. The van der Waals surface area contributed by atoms with Crippen LogP contribution in [0.15, 0.2) is 54.1 Å². The Kier molecular flexibility index (Phi) is 4.19. The number of hydrogen-bond acceptors (Lipinski definition) is 4. The van der Waals surface area contributed by atoms with Gasteiger partial charge in [-0.2, -0.15) is 0 Å². The molecule has 1 amide bonds. The van der Waals surface area contributed by atoms with E-state index >= 15 is 0 Å². The van der Waals surface area contributed by atoms with E-state index < -0.39 is 18.1 Å². The number of allylic oxidation sites excluding steroid dienone is 1. The van der Waals surface area contributed by atoms with Crippen LogP contribution >= 0.6 is 0 Å². The molecule has 3 atom stereocenters. The molecule has 2 bridgehead atoms. The van der Waals surface area contributed by atoms with E-state index in [1.54, 1.807) is 29.2 Å². The van der Waals surface area contributed by atoms with E-state index in [9.17, 15) is 9.59 Å². The summed E-state index contributed by atoms with van der Waals surface area (Å²) >= 11 is 0. The molecular formula is C18H19NO4. The highest BCUT2D eigenvalue weighted by molar-refractivity contribution is 5.91. The topological polar surface area (TPSA) is 55.8 Å². The second kappa shape index (κ2) is 6.28. The molecule has 0 spiro atoms. The number of carbonyl (C=O) groups excluding carboxylic acids is 2. The molecule has 0 saturated heterocycles. The lowest BCUT2D eigenvalue weighted by Crippen LogP contribution is -2.47. The van der Waals surface area contributed by atoms with Crippen LogP contribution in [0.1, 0.15) is 6.92 Å². The summed E-state index contributed by atoms with van der Waals surface area (Å²) in [7, 11) is 1.35. The first-order valence-corrected chi connectivity index (χ1v) is 7.62. The van der Waals surface area contributed by atoms with E-state index in [2.05, 4.69) is 6.08 Å². The number of benzene rings is 1. The molecule has 4 rings (SSSR count). The Morgan fingerprint density at radius 1 is 1.17 bits per heavy atom. The van der Waals surface area contributed by atoms with Crippen molar-refractivity contribution < 1.29 is 19.1 Å². The Balaban J connectivity index is 1.86. The van der Waals surface area contributed by atoms with Gasteiger partial charge >= 0.3 is 12.1 Å². The molecule has 0 radical (unpaired) electrons. The van der Waals surface area contributed by atoms with E-state index in [0.717, 1.165) is 0 Å². The summed E-state index contributed by atoms with van der Waals surface area (Å²) in [5, 5.41) is 0. The van der Waals surface area contributed by atoms with Crippen molar-refractivity contribution in [1.29, 1.82) is 0 Å². The van der Waals surface area contributed by atoms with Gasteiger partial charge in [0.05, 0.1) is 18.7 Å². The third-order valence-electron chi connectivity index (χ3n) is 4.32. The molecule has 0 N–H and O–H groups in total. The predicted octanol–water partition coefficient (Wildman–Crippen LogP) is 2.79. The van der Waals surface area contributed by atoms with Crippen molar-refractivity contribution in [2.24, 2.45) is 11.8 Å². The summed E-state index contributed by atoms with van der Waals surface area (Å²) in [5.41, 5.74) is 0.487. The smallest absolute Gasteiger partial charge is 0.416 e. The molecule has 5 heteroatoms. The average molecular weight is 313 g/mol. The summed E-state index contributed by atoms with van der Waals surface area (Å²) in [4.78, 5) is 26.2. The monoisotopic (exact) mass is 313 g/mol. The second-order valence-corrected chi connectivity index (χ2v) is 5.80. The van der Waals surface area contributed by atoms with Gasteiger partial charge in [-0.15, -0.1) is 0 Å². The van der Waals surface area contributed by atoms with Crippen molar-refractivity contribution in [2.75, 3.05) is 13.7 Å².